The van der Waals surface area contributed by atoms with Gasteiger partial charge in [-0.3, -0.25) is 4.68 Å². The summed E-state index contributed by atoms with van der Waals surface area (Å²) in [6, 6.07) is 1.97. The first-order valence-electron chi connectivity index (χ1n) is 5.33. The van der Waals surface area contributed by atoms with Crippen LogP contribution in [0.2, 0.25) is 0 Å². The van der Waals surface area contributed by atoms with Gasteiger partial charge in [-0.05, 0) is 12.0 Å². The molecule has 0 saturated carbocycles. The summed E-state index contributed by atoms with van der Waals surface area (Å²) in [7, 11) is 1.89. The predicted molar refractivity (Wildman–Crippen MR) is 60.3 cm³/mol. The van der Waals surface area contributed by atoms with Gasteiger partial charge in [0.05, 0.1) is 12.3 Å². The molecular formula is C11H21N3O. The third kappa shape index (κ3) is 2.58. The number of aliphatic hydroxyl groups excluding tert-OH is 1. The molecule has 15 heavy (non-hydrogen) atoms. The lowest BCUT2D eigenvalue weighted by Gasteiger charge is -2.34. The molecule has 1 rings (SSSR count). The topological polar surface area (TPSA) is 64.1 Å². The van der Waals surface area contributed by atoms with Crippen LogP contribution in [0.4, 0.5) is 0 Å². The SMILES string of the molecule is CC(C)C(CN)(CO)Cc1ccn(C)n1. The Hall–Kier alpha value is -0.870. The molecule has 0 aliphatic heterocycles. The normalized spacial score (nSPS) is 15.6. The van der Waals surface area contributed by atoms with Crippen LogP contribution in [0.1, 0.15) is 19.5 Å². The van der Waals surface area contributed by atoms with Crippen molar-refractivity contribution in [3.63, 3.8) is 0 Å². The van der Waals surface area contributed by atoms with Gasteiger partial charge in [0.25, 0.3) is 0 Å². The molecule has 0 aromatic carbocycles. The zero-order valence-electron chi connectivity index (χ0n) is 9.77. The molecule has 0 aliphatic carbocycles. The molecule has 1 unspecified atom stereocenters. The number of nitrogens with two attached hydrogens (primary N) is 1. The van der Waals surface area contributed by atoms with Crippen molar-refractivity contribution < 1.29 is 5.11 Å². The number of nitrogens with zero attached hydrogens (tertiary/aromatic N) is 2. The Morgan fingerprint density at radius 2 is 2.27 bits per heavy atom. The van der Waals surface area contributed by atoms with E-state index in [0.29, 0.717) is 12.5 Å². The van der Waals surface area contributed by atoms with Crippen LogP contribution in [-0.4, -0.2) is 28.0 Å². The number of hydrogen-bond acceptors (Lipinski definition) is 3. The van der Waals surface area contributed by atoms with Crippen molar-refractivity contribution in [2.24, 2.45) is 24.1 Å². The maximum absolute atomic E-state index is 9.50. The van der Waals surface area contributed by atoms with Gasteiger partial charge in [0.2, 0.25) is 0 Å². The van der Waals surface area contributed by atoms with Crippen LogP contribution in [-0.2, 0) is 13.5 Å². The summed E-state index contributed by atoms with van der Waals surface area (Å²) in [5.41, 5.74) is 6.53. The van der Waals surface area contributed by atoms with Gasteiger partial charge in [-0.1, -0.05) is 13.8 Å². The van der Waals surface area contributed by atoms with E-state index in [-0.39, 0.29) is 12.0 Å². The van der Waals surface area contributed by atoms with E-state index in [1.807, 2.05) is 19.3 Å². The molecule has 1 heterocycles. The van der Waals surface area contributed by atoms with Crippen molar-refractivity contribution in [1.82, 2.24) is 9.78 Å². The molecule has 0 saturated heterocycles. The summed E-state index contributed by atoms with van der Waals surface area (Å²) >= 11 is 0. The number of aromatic nitrogens is 2. The Labute approximate surface area is 91.1 Å². The molecule has 4 nitrogen and oxygen atoms in total. The number of aliphatic hydroxyl groups is 1. The molecule has 4 heteroatoms. The number of rotatable bonds is 5. The van der Waals surface area contributed by atoms with Crippen molar-refractivity contribution in [2.75, 3.05) is 13.2 Å². The van der Waals surface area contributed by atoms with E-state index < -0.39 is 0 Å². The highest BCUT2D eigenvalue weighted by atomic mass is 16.3. The van der Waals surface area contributed by atoms with E-state index in [1.54, 1.807) is 4.68 Å². The summed E-state index contributed by atoms with van der Waals surface area (Å²) in [5, 5.41) is 13.8. The molecule has 1 aromatic heterocycles. The maximum Gasteiger partial charge on any atom is 0.0631 e. The molecular weight excluding hydrogens is 190 g/mol. The Kier molecular flexibility index (Phi) is 3.88. The van der Waals surface area contributed by atoms with Crippen LogP contribution in [0.5, 0.6) is 0 Å². The summed E-state index contributed by atoms with van der Waals surface area (Å²) in [5.74, 6) is 0.342. The molecule has 86 valence electrons. The summed E-state index contributed by atoms with van der Waals surface area (Å²) in [6.07, 6.45) is 2.65. The molecule has 0 bridgehead atoms. The highest BCUT2D eigenvalue weighted by Crippen LogP contribution is 2.29. The first kappa shape index (κ1) is 12.2. The van der Waals surface area contributed by atoms with E-state index in [2.05, 4.69) is 18.9 Å². The Morgan fingerprint density at radius 3 is 2.60 bits per heavy atom. The molecule has 1 aromatic rings. The van der Waals surface area contributed by atoms with Crippen LogP contribution in [0.3, 0.4) is 0 Å². The molecule has 0 aliphatic rings. The van der Waals surface area contributed by atoms with Gasteiger partial charge < -0.3 is 10.8 Å². The minimum atomic E-state index is -0.242. The van der Waals surface area contributed by atoms with Crippen molar-refractivity contribution in [2.45, 2.75) is 20.3 Å². The van der Waals surface area contributed by atoms with Gasteiger partial charge >= 0.3 is 0 Å². The van der Waals surface area contributed by atoms with Gasteiger partial charge in [0, 0.05) is 31.6 Å². The summed E-state index contributed by atoms with van der Waals surface area (Å²) < 4.78 is 1.77. The van der Waals surface area contributed by atoms with Gasteiger partial charge in [0.15, 0.2) is 0 Å². The fourth-order valence-corrected chi connectivity index (χ4v) is 1.73. The Balaban J connectivity index is 2.83. The van der Waals surface area contributed by atoms with Gasteiger partial charge in [-0.25, -0.2) is 0 Å². The molecule has 3 N–H and O–H groups in total. The average molecular weight is 211 g/mol. The lowest BCUT2D eigenvalue weighted by molar-refractivity contribution is 0.0831. The second kappa shape index (κ2) is 4.77. The number of aryl methyl sites for hydroxylation is 1. The van der Waals surface area contributed by atoms with E-state index in [4.69, 9.17) is 5.73 Å². The summed E-state index contributed by atoms with van der Waals surface area (Å²) in [6.45, 7) is 4.77. The highest BCUT2D eigenvalue weighted by Gasteiger charge is 2.32. The third-order valence-corrected chi connectivity index (χ3v) is 3.25. The maximum atomic E-state index is 9.50. The second-order valence-corrected chi connectivity index (χ2v) is 4.54. The standard InChI is InChI=1S/C11H21N3O/c1-9(2)11(7-12,8-15)6-10-4-5-14(3)13-10/h4-5,9,15H,6-8,12H2,1-3H3. The highest BCUT2D eigenvalue weighted by molar-refractivity contribution is 5.04. The smallest absolute Gasteiger partial charge is 0.0631 e. The van der Waals surface area contributed by atoms with Crippen LogP contribution in [0.15, 0.2) is 12.3 Å². The van der Waals surface area contributed by atoms with Crippen LogP contribution >= 0.6 is 0 Å². The Bertz CT molecular complexity index is 303. The van der Waals surface area contributed by atoms with Crippen LogP contribution in [0.25, 0.3) is 0 Å². The molecule has 0 fully saturated rings. The zero-order valence-corrected chi connectivity index (χ0v) is 9.77. The minimum Gasteiger partial charge on any atom is -0.396 e. The van der Waals surface area contributed by atoms with Crippen LogP contribution in [0, 0.1) is 11.3 Å². The quantitative estimate of drug-likeness (QED) is 0.748. The van der Waals surface area contributed by atoms with E-state index >= 15 is 0 Å². The molecule has 0 amide bonds. The third-order valence-electron chi connectivity index (χ3n) is 3.25. The zero-order chi connectivity index (χ0) is 11.5. The van der Waals surface area contributed by atoms with Gasteiger partial charge in [-0.15, -0.1) is 0 Å². The fraction of sp³-hybridized carbons (Fsp3) is 0.727. The Morgan fingerprint density at radius 1 is 1.60 bits per heavy atom. The molecule has 0 radical (unpaired) electrons. The monoisotopic (exact) mass is 211 g/mol. The average Bonchev–Trinajstić information content (AvgIpc) is 2.60. The van der Waals surface area contributed by atoms with Crippen molar-refractivity contribution in [3.8, 4) is 0 Å². The van der Waals surface area contributed by atoms with E-state index in [9.17, 15) is 5.11 Å². The first-order valence-corrected chi connectivity index (χ1v) is 5.33. The number of hydrogen-bond donors (Lipinski definition) is 2. The van der Waals surface area contributed by atoms with E-state index in [1.165, 1.54) is 0 Å². The second-order valence-electron chi connectivity index (χ2n) is 4.54. The summed E-state index contributed by atoms with van der Waals surface area (Å²) in [4.78, 5) is 0. The minimum absolute atomic E-state index is 0.109. The van der Waals surface area contributed by atoms with Gasteiger partial charge in [0.1, 0.15) is 0 Å². The predicted octanol–water partition coefficient (Wildman–Crippen LogP) is 0.556. The lowest BCUT2D eigenvalue weighted by Crippen LogP contribution is -2.41. The van der Waals surface area contributed by atoms with Crippen molar-refractivity contribution >= 4 is 0 Å². The molecule has 0 spiro atoms. The van der Waals surface area contributed by atoms with Gasteiger partial charge in [-0.2, -0.15) is 5.10 Å². The van der Waals surface area contributed by atoms with E-state index in [0.717, 1.165) is 12.1 Å². The lowest BCUT2D eigenvalue weighted by atomic mass is 9.74. The largest absolute Gasteiger partial charge is 0.396 e. The van der Waals surface area contributed by atoms with Crippen molar-refractivity contribution in [3.05, 3.63) is 18.0 Å². The fourth-order valence-electron chi connectivity index (χ4n) is 1.73. The van der Waals surface area contributed by atoms with Crippen molar-refractivity contribution in [1.29, 1.82) is 0 Å². The first-order chi connectivity index (χ1) is 7.04. The van der Waals surface area contributed by atoms with Crippen LogP contribution < -0.4 is 5.73 Å². The molecule has 1 atom stereocenters.